The quantitative estimate of drug-likeness (QED) is 0.886. The molecular formula is C13H23ClN2O2S2. The molecule has 1 fully saturated rings. The average molecular weight is 339 g/mol. The van der Waals surface area contributed by atoms with E-state index in [4.69, 9.17) is 5.73 Å². The molecule has 2 rings (SSSR count). The number of rotatable bonds is 4. The Balaban J connectivity index is 0.00000200. The summed E-state index contributed by atoms with van der Waals surface area (Å²) in [6.07, 6.45) is 4.14. The second-order valence-electron chi connectivity index (χ2n) is 5.29. The molecule has 0 aliphatic heterocycles. The molecule has 1 heterocycles. The highest BCUT2D eigenvalue weighted by molar-refractivity contribution is 7.89. The van der Waals surface area contributed by atoms with Crippen LogP contribution in [0.4, 0.5) is 0 Å². The van der Waals surface area contributed by atoms with E-state index in [-0.39, 0.29) is 24.4 Å². The fraction of sp³-hybridized carbons (Fsp3) is 0.692. The van der Waals surface area contributed by atoms with Crippen molar-refractivity contribution in [3.8, 4) is 0 Å². The fourth-order valence-electron chi connectivity index (χ4n) is 2.78. The van der Waals surface area contributed by atoms with E-state index in [0.717, 1.165) is 35.4 Å². The van der Waals surface area contributed by atoms with Gasteiger partial charge in [0.1, 0.15) is 0 Å². The van der Waals surface area contributed by atoms with E-state index in [9.17, 15) is 8.42 Å². The van der Waals surface area contributed by atoms with Crippen LogP contribution in [-0.4, -0.2) is 21.0 Å². The third kappa shape index (κ3) is 3.95. The van der Waals surface area contributed by atoms with Crippen molar-refractivity contribution in [3.63, 3.8) is 0 Å². The maximum Gasteiger partial charge on any atom is 0.241 e. The van der Waals surface area contributed by atoms with Crippen molar-refractivity contribution in [2.75, 3.05) is 6.54 Å². The van der Waals surface area contributed by atoms with Crippen LogP contribution in [0.1, 0.15) is 35.4 Å². The molecule has 3 N–H and O–H groups in total. The zero-order chi connectivity index (χ0) is 14.0. The number of nitrogens with one attached hydrogen (secondary N) is 1. The topological polar surface area (TPSA) is 72.2 Å². The number of sulfonamides is 1. The van der Waals surface area contributed by atoms with Gasteiger partial charge in [-0.05, 0) is 45.2 Å². The number of hydrogen-bond donors (Lipinski definition) is 2. The first-order valence-electron chi connectivity index (χ1n) is 6.73. The molecule has 20 heavy (non-hydrogen) atoms. The van der Waals surface area contributed by atoms with Gasteiger partial charge in [0.05, 0.1) is 4.90 Å². The third-order valence-corrected chi connectivity index (χ3v) is 6.51. The molecule has 2 atom stereocenters. The van der Waals surface area contributed by atoms with E-state index in [1.807, 2.05) is 13.8 Å². The minimum atomic E-state index is -3.41. The lowest BCUT2D eigenvalue weighted by Crippen LogP contribution is -2.44. The maximum absolute atomic E-state index is 12.5. The summed E-state index contributed by atoms with van der Waals surface area (Å²) in [6, 6.07) is 1.74. The van der Waals surface area contributed by atoms with Gasteiger partial charge in [-0.3, -0.25) is 0 Å². The number of nitrogens with two attached hydrogens (primary N) is 1. The summed E-state index contributed by atoms with van der Waals surface area (Å²) in [7, 11) is -3.41. The van der Waals surface area contributed by atoms with Gasteiger partial charge in [-0.2, -0.15) is 0 Å². The van der Waals surface area contributed by atoms with Crippen LogP contribution in [0.2, 0.25) is 0 Å². The van der Waals surface area contributed by atoms with Gasteiger partial charge < -0.3 is 5.73 Å². The second kappa shape index (κ2) is 7.22. The first kappa shape index (κ1) is 17.9. The number of aryl methyl sites for hydroxylation is 2. The van der Waals surface area contributed by atoms with Gasteiger partial charge >= 0.3 is 0 Å². The third-order valence-electron chi connectivity index (χ3n) is 3.80. The zero-order valence-corrected chi connectivity index (χ0v) is 14.3. The fourth-order valence-corrected chi connectivity index (χ4v) is 5.68. The SMILES string of the molecule is Cc1cc(S(=O)(=O)NC2CCCCC2CN)c(C)s1.Cl. The van der Waals surface area contributed by atoms with Gasteiger partial charge in [-0.1, -0.05) is 12.8 Å². The van der Waals surface area contributed by atoms with Crippen molar-refractivity contribution >= 4 is 33.8 Å². The predicted molar refractivity (Wildman–Crippen MR) is 86.2 cm³/mol. The molecule has 1 aromatic heterocycles. The first-order chi connectivity index (χ1) is 8.94. The largest absolute Gasteiger partial charge is 0.330 e. The molecule has 0 bridgehead atoms. The van der Waals surface area contributed by atoms with Crippen LogP contribution < -0.4 is 10.5 Å². The predicted octanol–water partition coefficient (Wildman–Crippen LogP) is 2.58. The Bertz CT molecular complexity index is 543. The summed E-state index contributed by atoms with van der Waals surface area (Å²) in [6.45, 7) is 4.34. The van der Waals surface area contributed by atoms with E-state index >= 15 is 0 Å². The van der Waals surface area contributed by atoms with Crippen LogP contribution in [-0.2, 0) is 10.0 Å². The van der Waals surface area contributed by atoms with Crippen LogP contribution in [0.5, 0.6) is 0 Å². The Morgan fingerprint density at radius 1 is 1.35 bits per heavy atom. The van der Waals surface area contributed by atoms with E-state index < -0.39 is 10.0 Å². The molecule has 0 radical (unpaired) electrons. The van der Waals surface area contributed by atoms with Gasteiger partial charge in [0.2, 0.25) is 10.0 Å². The molecule has 0 amide bonds. The number of halogens is 1. The summed E-state index contributed by atoms with van der Waals surface area (Å²) in [5.74, 6) is 0.267. The van der Waals surface area contributed by atoms with Crippen LogP contribution in [0.15, 0.2) is 11.0 Å². The lowest BCUT2D eigenvalue weighted by molar-refractivity contribution is 0.296. The van der Waals surface area contributed by atoms with Crippen molar-refractivity contribution in [3.05, 3.63) is 15.8 Å². The Labute approximate surface area is 131 Å². The van der Waals surface area contributed by atoms with Crippen LogP contribution in [0.3, 0.4) is 0 Å². The van der Waals surface area contributed by atoms with E-state index in [0.29, 0.717) is 11.4 Å². The van der Waals surface area contributed by atoms with E-state index in [2.05, 4.69) is 4.72 Å². The van der Waals surface area contributed by atoms with Gasteiger partial charge in [0, 0.05) is 15.8 Å². The van der Waals surface area contributed by atoms with Crippen LogP contribution >= 0.6 is 23.7 Å². The van der Waals surface area contributed by atoms with Crippen molar-refractivity contribution in [1.82, 2.24) is 4.72 Å². The van der Waals surface area contributed by atoms with Crippen molar-refractivity contribution in [2.45, 2.75) is 50.5 Å². The van der Waals surface area contributed by atoms with Crippen molar-refractivity contribution in [2.24, 2.45) is 11.7 Å². The average Bonchev–Trinajstić information content (AvgIpc) is 2.69. The highest BCUT2D eigenvalue weighted by Gasteiger charge is 2.29. The minimum absolute atomic E-state index is 0. The number of hydrogen-bond acceptors (Lipinski definition) is 4. The summed E-state index contributed by atoms with van der Waals surface area (Å²) >= 11 is 1.52. The van der Waals surface area contributed by atoms with Crippen LogP contribution in [0.25, 0.3) is 0 Å². The summed E-state index contributed by atoms with van der Waals surface area (Å²) in [5.41, 5.74) is 5.75. The molecule has 4 nitrogen and oxygen atoms in total. The van der Waals surface area contributed by atoms with Gasteiger partial charge in [-0.25, -0.2) is 13.1 Å². The molecule has 0 aromatic carbocycles. The highest BCUT2D eigenvalue weighted by Crippen LogP contribution is 2.28. The summed E-state index contributed by atoms with van der Waals surface area (Å²) < 4.78 is 27.8. The van der Waals surface area contributed by atoms with Crippen molar-refractivity contribution in [1.29, 1.82) is 0 Å². The molecule has 116 valence electrons. The Hall–Kier alpha value is -0.140. The molecule has 1 aromatic rings. The molecule has 0 saturated heterocycles. The normalized spacial score (nSPS) is 23.4. The smallest absolute Gasteiger partial charge is 0.241 e. The lowest BCUT2D eigenvalue weighted by atomic mass is 9.85. The number of thiophene rings is 1. The summed E-state index contributed by atoms with van der Waals surface area (Å²) in [5, 5.41) is 0. The first-order valence-corrected chi connectivity index (χ1v) is 9.03. The Morgan fingerprint density at radius 3 is 2.55 bits per heavy atom. The molecule has 1 aliphatic carbocycles. The van der Waals surface area contributed by atoms with Gasteiger partial charge in [0.25, 0.3) is 0 Å². The van der Waals surface area contributed by atoms with Crippen LogP contribution in [0, 0.1) is 19.8 Å². The molecule has 1 saturated carbocycles. The minimum Gasteiger partial charge on any atom is -0.330 e. The van der Waals surface area contributed by atoms with E-state index in [1.165, 1.54) is 11.3 Å². The van der Waals surface area contributed by atoms with E-state index in [1.54, 1.807) is 6.07 Å². The lowest BCUT2D eigenvalue weighted by Gasteiger charge is -2.31. The molecule has 0 spiro atoms. The Morgan fingerprint density at radius 2 is 2.00 bits per heavy atom. The molecule has 2 unspecified atom stereocenters. The standard InChI is InChI=1S/C13H22N2O2S2.ClH/c1-9-7-13(10(2)18-9)19(16,17)15-12-6-4-3-5-11(12)8-14;/h7,11-12,15H,3-6,8,14H2,1-2H3;1H. The van der Waals surface area contributed by atoms with Gasteiger partial charge in [-0.15, -0.1) is 23.7 Å². The van der Waals surface area contributed by atoms with Crippen molar-refractivity contribution < 1.29 is 8.42 Å². The summed E-state index contributed by atoms with van der Waals surface area (Å²) in [4.78, 5) is 2.30. The zero-order valence-electron chi connectivity index (χ0n) is 11.9. The maximum atomic E-state index is 12.5. The Kier molecular flexibility index (Phi) is 6.47. The molecule has 7 heteroatoms. The molecular weight excluding hydrogens is 316 g/mol. The second-order valence-corrected chi connectivity index (χ2v) is 8.43. The highest BCUT2D eigenvalue weighted by atomic mass is 35.5. The van der Waals surface area contributed by atoms with Gasteiger partial charge in [0.15, 0.2) is 0 Å². The molecule has 1 aliphatic rings. The monoisotopic (exact) mass is 338 g/mol.